The van der Waals surface area contributed by atoms with E-state index < -0.39 is 36.7 Å². The molecule has 14 heavy (non-hydrogen) atoms. The third-order valence-electron chi connectivity index (χ3n) is 1.83. The van der Waals surface area contributed by atoms with Crippen LogP contribution in [-0.2, 0) is 9.53 Å². The van der Waals surface area contributed by atoms with Crippen LogP contribution in [0.5, 0.6) is 0 Å². The van der Waals surface area contributed by atoms with E-state index >= 15 is 0 Å². The summed E-state index contributed by atoms with van der Waals surface area (Å²) >= 11 is 0. The molecule has 1 unspecified atom stereocenters. The summed E-state index contributed by atoms with van der Waals surface area (Å²) in [5, 5.41) is 44.4. The zero-order chi connectivity index (χ0) is 10.2. The van der Waals surface area contributed by atoms with Crippen molar-refractivity contribution in [2.24, 2.45) is 0 Å². The molecule has 0 aliphatic carbocycles. The van der Waals surface area contributed by atoms with Gasteiger partial charge in [0.05, 0.1) is 0 Å². The highest BCUT2D eigenvalue weighted by Crippen LogP contribution is 2.19. The average Bonchev–Trinajstić information content (AvgIpc) is 2.07. The monoisotopic (exact) mass is 212 g/mol. The molecular formula is C6H12O8. The Morgan fingerprint density at radius 3 is 1.93 bits per heavy atom. The minimum atomic E-state index is -1.81. The molecule has 1 fully saturated rings. The minimum Gasteiger partial charge on any atom is -0.479 e. The van der Waals surface area contributed by atoms with Gasteiger partial charge in [0.1, 0.15) is 18.3 Å². The Morgan fingerprint density at radius 2 is 1.50 bits per heavy atom. The fourth-order valence-corrected chi connectivity index (χ4v) is 1.07. The first kappa shape index (κ1) is 13.2. The van der Waals surface area contributed by atoms with Gasteiger partial charge in [-0.2, -0.15) is 0 Å². The summed E-state index contributed by atoms with van der Waals surface area (Å²) in [6.45, 7) is 0. The number of aliphatic hydroxyl groups excluding tert-OH is 4. The number of carboxylic acids is 1. The van der Waals surface area contributed by atoms with Crippen molar-refractivity contribution in [2.45, 2.75) is 30.7 Å². The number of carbonyl (C=O) groups is 1. The first-order chi connectivity index (χ1) is 5.95. The Labute approximate surface area is 78.3 Å². The summed E-state index contributed by atoms with van der Waals surface area (Å²) in [4.78, 5) is 10.4. The van der Waals surface area contributed by atoms with Crippen LogP contribution in [0.25, 0.3) is 0 Å². The topological polar surface area (TPSA) is 159 Å². The van der Waals surface area contributed by atoms with E-state index in [0.717, 1.165) is 0 Å². The van der Waals surface area contributed by atoms with Crippen molar-refractivity contribution in [2.75, 3.05) is 0 Å². The Kier molecular flexibility index (Phi) is 4.39. The smallest absolute Gasteiger partial charge is 0.335 e. The van der Waals surface area contributed by atoms with Crippen LogP contribution in [-0.4, -0.2) is 67.7 Å². The van der Waals surface area contributed by atoms with Gasteiger partial charge in [-0.05, 0) is 0 Å². The van der Waals surface area contributed by atoms with Gasteiger partial charge in [0.15, 0.2) is 12.4 Å². The van der Waals surface area contributed by atoms with E-state index in [-0.39, 0.29) is 5.48 Å². The maximum Gasteiger partial charge on any atom is 0.335 e. The predicted molar refractivity (Wildman–Crippen MR) is 40.1 cm³/mol. The van der Waals surface area contributed by atoms with Gasteiger partial charge in [-0.25, -0.2) is 4.79 Å². The lowest BCUT2D eigenvalue weighted by atomic mass is 9.99. The van der Waals surface area contributed by atoms with Gasteiger partial charge in [0.25, 0.3) is 0 Å². The second-order valence-electron chi connectivity index (χ2n) is 2.76. The van der Waals surface area contributed by atoms with Crippen molar-refractivity contribution in [1.29, 1.82) is 0 Å². The number of aliphatic carboxylic acids is 1. The molecule has 0 aromatic carbocycles. The minimum absolute atomic E-state index is 0. The number of aliphatic hydroxyl groups is 4. The van der Waals surface area contributed by atoms with Crippen molar-refractivity contribution < 1.29 is 40.5 Å². The molecule has 0 aromatic heterocycles. The number of hydrogen-bond donors (Lipinski definition) is 5. The fraction of sp³-hybridized carbons (Fsp3) is 0.833. The SMILES string of the molecule is O.O=C(O)[C@H]1OC(O)[C@H](O)[C@@H](O)[C@@H]1O. The van der Waals surface area contributed by atoms with Crippen LogP contribution >= 0.6 is 0 Å². The van der Waals surface area contributed by atoms with Gasteiger partial charge in [-0.3, -0.25) is 0 Å². The molecule has 0 bridgehead atoms. The van der Waals surface area contributed by atoms with Crippen molar-refractivity contribution in [3.8, 4) is 0 Å². The highest BCUT2D eigenvalue weighted by atomic mass is 16.6. The standard InChI is InChI=1S/C6H10O7.H2O/c7-1-2(8)4(5(10)11)13-6(12)3(1)9;/h1-4,6-9,12H,(H,10,11);1H2/t1-,2-,3+,4-,6?;/m0./s1. The summed E-state index contributed by atoms with van der Waals surface area (Å²) in [6.07, 6.45) is -8.72. The molecule has 5 atom stereocenters. The molecule has 1 saturated heterocycles. The maximum atomic E-state index is 10.4. The number of hydrogen-bond acceptors (Lipinski definition) is 6. The number of rotatable bonds is 1. The molecular weight excluding hydrogens is 200 g/mol. The summed E-state index contributed by atoms with van der Waals surface area (Å²) in [5.41, 5.74) is 0. The summed E-state index contributed by atoms with van der Waals surface area (Å²) in [5.74, 6) is -1.52. The fourth-order valence-electron chi connectivity index (χ4n) is 1.07. The maximum absolute atomic E-state index is 10.4. The van der Waals surface area contributed by atoms with Crippen LogP contribution in [0.3, 0.4) is 0 Å². The predicted octanol–water partition coefficient (Wildman–Crippen LogP) is -3.95. The van der Waals surface area contributed by atoms with Gasteiger partial charge in [0.2, 0.25) is 0 Å². The first-order valence-corrected chi connectivity index (χ1v) is 3.55. The van der Waals surface area contributed by atoms with E-state index in [1.165, 1.54) is 0 Å². The van der Waals surface area contributed by atoms with Crippen LogP contribution < -0.4 is 0 Å². The van der Waals surface area contributed by atoms with E-state index in [0.29, 0.717) is 0 Å². The normalized spacial score (nSPS) is 42.7. The Bertz CT molecular complexity index is 206. The molecule has 0 aromatic rings. The molecule has 84 valence electrons. The number of carboxylic acid groups (broad SMARTS) is 1. The Balaban J connectivity index is 0.00000169. The van der Waals surface area contributed by atoms with E-state index in [1.54, 1.807) is 0 Å². The highest BCUT2D eigenvalue weighted by molar-refractivity contribution is 5.73. The molecule has 1 rings (SSSR count). The van der Waals surface area contributed by atoms with Crippen LogP contribution in [0.2, 0.25) is 0 Å². The molecule has 0 spiro atoms. The zero-order valence-corrected chi connectivity index (χ0v) is 6.94. The summed E-state index contributed by atoms with van der Waals surface area (Å²) in [7, 11) is 0. The van der Waals surface area contributed by atoms with Gasteiger partial charge < -0.3 is 35.7 Å². The lowest BCUT2D eigenvalue weighted by Gasteiger charge is -2.36. The molecule has 1 aliphatic rings. The molecule has 8 nitrogen and oxygen atoms in total. The average molecular weight is 212 g/mol. The van der Waals surface area contributed by atoms with E-state index in [4.69, 9.17) is 25.5 Å². The molecule has 0 saturated carbocycles. The van der Waals surface area contributed by atoms with Gasteiger partial charge >= 0.3 is 5.97 Å². The molecule has 8 heteroatoms. The van der Waals surface area contributed by atoms with Gasteiger partial charge in [-0.15, -0.1) is 0 Å². The first-order valence-electron chi connectivity index (χ1n) is 3.55. The third-order valence-corrected chi connectivity index (χ3v) is 1.83. The molecule has 0 radical (unpaired) electrons. The van der Waals surface area contributed by atoms with Crippen molar-refractivity contribution in [1.82, 2.24) is 0 Å². The van der Waals surface area contributed by atoms with Crippen LogP contribution in [0, 0.1) is 0 Å². The largest absolute Gasteiger partial charge is 0.479 e. The summed E-state index contributed by atoms with van der Waals surface area (Å²) < 4.78 is 4.34. The van der Waals surface area contributed by atoms with E-state index in [1.807, 2.05) is 0 Å². The molecule has 0 amide bonds. The third kappa shape index (κ3) is 2.18. The van der Waals surface area contributed by atoms with Crippen molar-refractivity contribution in [3.05, 3.63) is 0 Å². The van der Waals surface area contributed by atoms with Gasteiger partial charge in [-0.1, -0.05) is 0 Å². The van der Waals surface area contributed by atoms with Crippen LogP contribution in [0.1, 0.15) is 0 Å². The summed E-state index contributed by atoms with van der Waals surface area (Å²) in [6, 6.07) is 0. The molecule has 1 aliphatic heterocycles. The Morgan fingerprint density at radius 1 is 1.00 bits per heavy atom. The molecule has 1 heterocycles. The molecule has 7 N–H and O–H groups in total. The zero-order valence-electron chi connectivity index (χ0n) is 6.94. The van der Waals surface area contributed by atoms with E-state index in [2.05, 4.69) is 4.74 Å². The number of ether oxygens (including phenoxy) is 1. The quantitative estimate of drug-likeness (QED) is 0.296. The van der Waals surface area contributed by atoms with Crippen molar-refractivity contribution >= 4 is 5.97 Å². The van der Waals surface area contributed by atoms with E-state index in [9.17, 15) is 4.79 Å². The van der Waals surface area contributed by atoms with Crippen LogP contribution in [0.15, 0.2) is 0 Å². The Hall–Kier alpha value is -0.770. The second kappa shape index (κ2) is 4.64. The lowest BCUT2D eigenvalue weighted by molar-refractivity contribution is -0.279. The van der Waals surface area contributed by atoms with Gasteiger partial charge in [0, 0.05) is 0 Å². The van der Waals surface area contributed by atoms with Crippen LogP contribution in [0.4, 0.5) is 0 Å². The lowest BCUT2D eigenvalue weighted by Crippen LogP contribution is -2.59. The highest BCUT2D eigenvalue weighted by Gasteiger charge is 2.46. The van der Waals surface area contributed by atoms with Crippen molar-refractivity contribution in [3.63, 3.8) is 0 Å². The second-order valence-corrected chi connectivity index (χ2v) is 2.76.